The third-order valence-electron chi connectivity index (χ3n) is 13.7. The van der Waals surface area contributed by atoms with Crippen molar-refractivity contribution in [3.63, 3.8) is 0 Å². The number of carbonyl (C=O) groups excluding carboxylic acids is 5. The van der Waals surface area contributed by atoms with Gasteiger partial charge in [0, 0.05) is 92.0 Å². The Morgan fingerprint density at radius 1 is 1.14 bits per heavy atom. The van der Waals surface area contributed by atoms with Gasteiger partial charge in [-0.1, -0.05) is 40.3 Å². The van der Waals surface area contributed by atoms with Crippen LogP contribution in [0.3, 0.4) is 0 Å². The quantitative estimate of drug-likeness (QED) is 0.0590. The van der Waals surface area contributed by atoms with Crippen molar-refractivity contribution in [1.82, 2.24) is 45.0 Å². The first-order chi connectivity index (χ1) is 33.1. The number of cyclic esters (lactones) is 1. The molecule has 1 saturated heterocycles. The van der Waals surface area contributed by atoms with E-state index in [0.29, 0.717) is 42.3 Å². The Morgan fingerprint density at radius 2 is 1.89 bits per heavy atom. The van der Waals surface area contributed by atoms with Gasteiger partial charge in [-0.15, -0.1) is 35.7 Å². The summed E-state index contributed by atoms with van der Waals surface area (Å²) in [6, 6.07) is 8.87. The van der Waals surface area contributed by atoms with Crippen LogP contribution in [0.25, 0.3) is 33.4 Å². The lowest BCUT2D eigenvalue weighted by atomic mass is 9.84. The number of urea groups is 1. The predicted molar refractivity (Wildman–Crippen MR) is 279 cm³/mol. The molecule has 3 aliphatic heterocycles. The highest BCUT2D eigenvalue weighted by atomic mass is 32.2. The van der Waals surface area contributed by atoms with Crippen LogP contribution in [0.2, 0.25) is 0 Å². The molecule has 2 N–H and O–H groups in total. The molecular weight excluding hydrogens is 947 g/mol. The van der Waals surface area contributed by atoms with Crippen LogP contribution in [0.15, 0.2) is 65.8 Å². The summed E-state index contributed by atoms with van der Waals surface area (Å²) in [5, 5.41) is 8.07. The summed E-state index contributed by atoms with van der Waals surface area (Å²) in [6.45, 7) is 18.9. The fourth-order valence-corrected chi connectivity index (χ4v) is 12.0. The molecule has 0 spiro atoms. The van der Waals surface area contributed by atoms with Crippen LogP contribution in [0, 0.1) is 11.3 Å². The molecule has 1 unspecified atom stereocenters. The van der Waals surface area contributed by atoms with E-state index in [2.05, 4.69) is 66.9 Å². The number of methoxy groups -OCH3 is 1. The molecule has 4 aromatic rings. The molecule has 3 aromatic heterocycles. The van der Waals surface area contributed by atoms with E-state index in [1.165, 1.54) is 32.2 Å². The first-order valence-corrected chi connectivity index (χ1v) is 26.2. The number of ether oxygens (including phenoxy) is 2. The number of aryl methyl sites for hydroxylation is 1. The summed E-state index contributed by atoms with van der Waals surface area (Å²) >= 11 is 7.43. The van der Waals surface area contributed by atoms with Crippen LogP contribution in [-0.4, -0.2) is 133 Å². The monoisotopic (exact) mass is 1010 g/mol. The van der Waals surface area contributed by atoms with Gasteiger partial charge in [0.2, 0.25) is 11.8 Å². The number of hydrazine groups is 1. The molecule has 0 saturated carbocycles. The lowest BCUT2D eigenvalue weighted by Crippen LogP contribution is -2.69. The average Bonchev–Trinajstić information content (AvgIpc) is 4.06. The number of aromatic nitrogens is 3. The summed E-state index contributed by atoms with van der Waals surface area (Å²) in [5.41, 5.74) is 10.5. The number of rotatable bonds is 11. The van der Waals surface area contributed by atoms with Crippen LogP contribution in [-0.2, 0) is 48.0 Å². The molecule has 0 radical (unpaired) electrons. The number of nitrogens with one attached hydrogen (secondary N) is 2. The van der Waals surface area contributed by atoms with Gasteiger partial charge < -0.3 is 29.2 Å². The molecule has 3 aliphatic rings. The van der Waals surface area contributed by atoms with Gasteiger partial charge in [0.1, 0.15) is 6.04 Å². The number of nitrogens with zero attached hydrogens (tertiary/aromatic N) is 7. The van der Waals surface area contributed by atoms with Gasteiger partial charge in [-0.3, -0.25) is 29.3 Å². The van der Waals surface area contributed by atoms with Crippen LogP contribution < -0.4 is 10.7 Å². The molecule has 0 aliphatic carbocycles. The number of hydrogen-bond acceptors (Lipinski definition) is 13. The molecule has 7 rings (SSSR count). The Hall–Kier alpha value is -5.21. The second-order valence-electron chi connectivity index (χ2n) is 19.7. The number of thiazole rings is 1. The number of fused-ring (bicyclic) bond motifs is 6. The number of thioether (sulfide) groups is 1. The molecule has 1 fully saturated rings. The maximum atomic E-state index is 15.3. The third-order valence-corrected chi connectivity index (χ3v) is 16.2. The second kappa shape index (κ2) is 20.9. The van der Waals surface area contributed by atoms with Crippen LogP contribution >= 0.6 is 35.7 Å². The second-order valence-corrected chi connectivity index (χ2v) is 22.5. The smallest absolute Gasteiger partial charge is 0.338 e. The van der Waals surface area contributed by atoms with Gasteiger partial charge in [-0.05, 0) is 93.7 Å². The summed E-state index contributed by atoms with van der Waals surface area (Å²) in [5.74, 6) is -2.33. The van der Waals surface area contributed by atoms with Gasteiger partial charge in [0.15, 0.2) is 9.74 Å². The minimum atomic E-state index is -1.67. The van der Waals surface area contributed by atoms with Gasteiger partial charge in [-0.25, -0.2) is 20.0 Å². The van der Waals surface area contributed by atoms with Crippen molar-refractivity contribution in [3.05, 3.63) is 82.1 Å². The van der Waals surface area contributed by atoms with Crippen molar-refractivity contribution in [2.75, 3.05) is 53.7 Å². The van der Waals surface area contributed by atoms with Crippen LogP contribution in [0.1, 0.15) is 83.7 Å². The number of thiol groups is 1. The van der Waals surface area contributed by atoms with Crippen molar-refractivity contribution in [3.8, 4) is 22.5 Å². The fraction of sp³-hybridized carbons (Fsp3) is 0.510. The zero-order valence-corrected chi connectivity index (χ0v) is 44.7. The van der Waals surface area contributed by atoms with E-state index in [1.54, 1.807) is 38.6 Å². The minimum absolute atomic E-state index is 0.0211. The topological polar surface area (TPSA) is 172 Å². The SMILES string of the molecule is C=CC(=O)N1CC(C)=C(N(C)C(=O)N(C)C(C(=O)N[C@@]2(SC)Cc3nc(cs3)-c3ccc4c(c3)c(c(-c3cccnc3[C@H](C)OC)n4CC)CC(C)(C)COC(=O)[C@@]3(S)CCCN(N3)C2=O)C(C)C)C1. The predicted octanol–water partition coefficient (Wildman–Crippen LogP) is 7.46. The number of benzene rings is 1. The number of pyridine rings is 1. The van der Waals surface area contributed by atoms with E-state index in [9.17, 15) is 19.2 Å². The Bertz CT molecular complexity index is 2730. The third kappa shape index (κ3) is 10.1. The van der Waals surface area contributed by atoms with E-state index in [-0.39, 0.29) is 44.5 Å². The molecule has 6 heterocycles. The first kappa shape index (κ1) is 52.6. The van der Waals surface area contributed by atoms with Gasteiger partial charge in [0.25, 0.3) is 5.91 Å². The first-order valence-electron chi connectivity index (χ1n) is 23.7. The zero-order chi connectivity index (χ0) is 51.0. The van der Waals surface area contributed by atoms with Crippen molar-refractivity contribution < 1.29 is 33.4 Å². The van der Waals surface area contributed by atoms with E-state index >= 15 is 4.79 Å². The number of esters is 1. The standard InChI is InChI=1S/C51H67N9O7S3/c1-13-41(61)58-26-31(5)39(27-58)56(9)48(65)57(10)43(30(3)4)45(62)54-51(69-12)25-40-53-37(28-70-40)33-18-19-38-35(23-33)36(44(59(38)14-2)34-17-15-21-52-42(34)32(6)66-11)24-49(7,8)29-67-47(64)50(68)20-16-22-60(55-50)46(51)63/h13,15,17-19,21,23,28,30,32,43,55,68H,1,14,16,20,22,24-27,29H2,2-12H3,(H,54,62)/t32-,43?,50-,51+/m0/s1. The van der Waals surface area contributed by atoms with Crippen molar-refractivity contribution in [1.29, 1.82) is 0 Å². The Kier molecular flexibility index (Phi) is 15.7. The maximum Gasteiger partial charge on any atom is 0.338 e. The molecule has 6 bridgehead atoms. The molecule has 4 atom stereocenters. The highest BCUT2D eigenvalue weighted by Gasteiger charge is 2.50. The molecule has 1 aromatic carbocycles. The normalized spacial score (nSPS) is 21.6. The Labute approximate surface area is 425 Å². The minimum Gasteiger partial charge on any atom is -0.463 e. The largest absolute Gasteiger partial charge is 0.463 e. The average molecular weight is 1010 g/mol. The Morgan fingerprint density at radius 3 is 2.56 bits per heavy atom. The van der Waals surface area contributed by atoms with Gasteiger partial charge in [0.05, 0.1) is 41.3 Å². The van der Waals surface area contributed by atoms with Crippen LogP contribution in [0.5, 0.6) is 0 Å². The number of carbonyl (C=O) groups is 5. The van der Waals surface area contributed by atoms with E-state index in [4.69, 9.17) is 32.1 Å². The number of likely N-dealkylation sites (N-methyl/N-ethyl adjacent to an activating group) is 2. The van der Waals surface area contributed by atoms with E-state index in [1.807, 2.05) is 39.1 Å². The molecule has 5 amide bonds. The molecule has 16 nitrogen and oxygen atoms in total. The summed E-state index contributed by atoms with van der Waals surface area (Å²) in [6.07, 6.45) is 5.70. The summed E-state index contributed by atoms with van der Waals surface area (Å²) in [7, 11) is 4.87. The molecule has 376 valence electrons. The summed E-state index contributed by atoms with van der Waals surface area (Å²) < 4.78 is 14.3. The molecule has 19 heteroatoms. The molecular formula is C51H67N9O7S3. The Balaban J connectivity index is 1.32. The highest BCUT2D eigenvalue weighted by Crippen LogP contribution is 2.43. The zero-order valence-electron chi connectivity index (χ0n) is 42.2. The van der Waals surface area contributed by atoms with Crippen molar-refractivity contribution >= 4 is 76.4 Å². The highest BCUT2D eigenvalue weighted by molar-refractivity contribution is 8.00. The molecule has 70 heavy (non-hydrogen) atoms. The van der Waals surface area contributed by atoms with Gasteiger partial charge >= 0.3 is 12.0 Å². The van der Waals surface area contributed by atoms with E-state index in [0.717, 1.165) is 56.3 Å². The lowest BCUT2D eigenvalue weighted by molar-refractivity contribution is -0.158. The number of hydrogen-bond donors (Lipinski definition) is 3. The van der Waals surface area contributed by atoms with Crippen molar-refractivity contribution in [2.45, 2.75) is 103 Å². The van der Waals surface area contributed by atoms with Crippen LogP contribution in [0.4, 0.5) is 4.79 Å². The number of amides is 5. The van der Waals surface area contributed by atoms with Gasteiger partial charge in [-0.2, -0.15) is 0 Å². The van der Waals surface area contributed by atoms with Crippen molar-refractivity contribution in [2.24, 2.45) is 11.3 Å². The summed E-state index contributed by atoms with van der Waals surface area (Å²) in [4.78, 5) is 82.5. The fourth-order valence-electron chi connectivity index (χ4n) is 9.93. The lowest BCUT2D eigenvalue weighted by Gasteiger charge is -2.44. The maximum absolute atomic E-state index is 15.3. The van der Waals surface area contributed by atoms with E-state index < -0.39 is 50.9 Å².